The first-order valence-electron chi connectivity index (χ1n) is 10.3. The van der Waals surface area contributed by atoms with Crippen LogP contribution in [0.2, 0.25) is 0 Å². The molecule has 2 aromatic carbocycles. The summed E-state index contributed by atoms with van der Waals surface area (Å²) < 4.78 is 16.2. The van der Waals surface area contributed by atoms with Gasteiger partial charge in [0.2, 0.25) is 0 Å². The predicted octanol–water partition coefficient (Wildman–Crippen LogP) is 3.96. The average Bonchev–Trinajstić information content (AvgIpc) is 3.10. The molecule has 0 aliphatic carbocycles. The van der Waals surface area contributed by atoms with Gasteiger partial charge in [0.05, 0.1) is 24.2 Å². The van der Waals surface area contributed by atoms with Crippen LogP contribution in [0.25, 0.3) is 6.08 Å². The third-order valence-corrected chi connectivity index (χ3v) is 5.80. The van der Waals surface area contributed by atoms with Crippen LogP contribution in [-0.2, 0) is 20.9 Å². The first-order chi connectivity index (χ1) is 16.2. The van der Waals surface area contributed by atoms with Crippen molar-refractivity contribution in [2.45, 2.75) is 26.5 Å². The van der Waals surface area contributed by atoms with Crippen LogP contribution in [0.1, 0.15) is 35.3 Å². The number of carboxylic acid groups (broad SMARTS) is 1. The second-order valence-corrected chi connectivity index (χ2v) is 8.17. The van der Waals surface area contributed by atoms with Crippen LogP contribution in [0.5, 0.6) is 11.5 Å². The van der Waals surface area contributed by atoms with Crippen LogP contribution < -0.4 is 9.47 Å². The number of hydrogen-bond acceptors (Lipinski definition) is 8. The first kappa shape index (κ1) is 24.8. The lowest BCUT2D eigenvalue weighted by Crippen LogP contribution is -2.42. The van der Waals surface area contributed by atoms with E-state index in [1.807, 2.05) is 6.92 Å². The van der Waals surface area contributed by atoms with Gasteiger partial charge in [0.1, 0.15) is 12.6 Å². The largest absolute Gasteiger partial charge is 0.490 e. The highest BCUT2D eigenvalue weighted by molar-refractivity contribution is 8.18. The lowest BCUT2D eigenvalue weighted by Gasteiger charge is -2.18. The number of imide groups is 1. The average molecular weight is 486 g/mol. The van der Waals surface area contributed by atoms with E-state index >= 15 is 0 Å². The molecule has 1 N–H and O–H groups in total. The molecule has 34 heavy (non-hydrogen) atoms. The molecule has 0 saturated carbocycles. The van der Waals surface area contributed by atoms with Crippen molar-refractivity contribution in [1.29, 1.82) is 0 Å². The van der Waals surface area contributed by atoms with Gasteiger partial charge in [-0.15, -0.1) is 0 Å². The van der Waals surface area contributed by atoms with E-state index in [0.717, 1.165) is 22.2 Å². The summed E-state index contributed by atoms with van der Waals surface area (Å²) in [4.78, 5) is 48.8. The van der Waals surface area contributed by atoms with Crippen molar-refractivity contribution < 1.29 is 38.5 Å². The van der Waals surface area contributed by atoms with E-state index < -0.39 is 29.1 Å². The van der Waals surface area contributed by atoms with Crippen molar-refractivity contribution in [2.75, 3.05) is 13.7 Å². The maximum absolute atomic E-state index is 12.7. The molecule has 10 heteroatoms. The molecule has 3 rings (SSSR count). The van der Waals surface area contributed by atoms with Gasteiger partial charge < -0.3 is 19.3 Å². The maximum atomic E-state index is 12.7. The fraction of sp³-hybridized carbons (Fsp3) is 0.250. The molecule has 0 spiro atoms. The zero-order valence-electron chi connectivity index (χ0n) is 18.8. The minimum absolute atomic E-state index is 0.176. The van der Waals surface area contributed by atoms with Crippen LogP contribution in [0, 0.1) is 0 Å². The molecular weight excluding hydrogens is 462 g/mol. The molecule has 2 amide bonds. The Labute approximate surface area is 200 Å². The lowest BCUT2D eigenvalue weighted by atomic mass is 10.1. The number of carbonyl (C=O) groups excluding carboxylic acids is 3. The number of hydrogen-bond donors (Lipinski definition) is 1. The van der Waals surface area contributed by atoms with Gasteiger partial charge in [0.25, 0.3) is 11.1 Å². The van der Waals surface area contributed by atoms with Crippen LogP contribution in [-0.4, -0.2) is 52.8 Å². The Balaban J connectivity index is 1.77. The third kappa shape index (κ3) is 5.57. The van der Waals surface area contributed by atoms with Crippen molar-refractivity contribution in [3.8, 4) is 11.5 Å². The highest BCUT2D eigenvalue weighted by Crippen LogP contribution is 2.36. The highest BCUT2D eigenvalue weighted by atomic mass is 32.2. The lowest BCUT2D eigenvalue weighted by molar-refractivity contribution is -0.148. The predicted molar refractivity (Wildman–Crippen MR) is 125 cm³/mol. The van der Waals surface area contributed by atoms with Crippen molar-refractivity contribution in [1.82, 2.24) is 4.90 Å². The summed E-state index contributed by atoms with van der Waals surface area (Å²) in [5, 5.41) is 8.45. The highest BCUT2D eigenvalue weighted by Gasteiger charge is 2.41. The van der Waals surface area contributed by atoms with Crippen molar-refractivity contribution in [3.05, 3.63) is 64.1 Å². The number of carbonyl (C=O) groups is 4. The SMILES string of the molecule is CCOc1cc(/C=C2/SC(=O)N([C@@H](C)C(=O)OC)C2=O)ccc1OCc1ccc(C(=O)O)cc1. The molecule has 1 atom stereocenters. The van der Waals surface area contributed by atoms with Gasteiger partial charge in [-0.3, -0.25) is 14.5 Å². The molecule has 1 aliphatic heterocycles. The Kier molecular flexibility index (Phi) is 7.95. The molecule has 0 aromatic heterocycles. The van der Waals surface area contributed by atoms with Crippen LogP contribution >= 0.6 is 11.8 Å². The summed E-state index contributed by atoms with van der Waals surface area (Å²) in [6.07, 6.45) is 1.55. The summed E-state index contributed by atoms with van der Waals surface area (Å²) in [7, 11) is 1.19. The Morgan fingerprint density at radius 1 is 1.09 bits per heavy atom. The van der Waals surface area contributed by atoms with Gasteiger partial charge in [-0.2, -0.15) is 0 Å². The fourth-order valence-electron chi connectivity index (χ4n) is 3.15. The number of thioether (sulfide) groups is 1. The van der Waals surface area contributed by atoms with Crippen LogP contribution in [0.15, 0.2) is 47.4 Å². The third-order valence-electron chi connectivity index (χ3n) is 4.91. The van der Waals surface area contributed by atoms with Gasteiger partial charge in [-0.25, -0.2) is 9.59 Å². The second-order valence-electron chi connectivity index (χ2n) is 7.18. The van der Waals surface area contributed by atoms with E-state index in [9.17, 15) is 19.2 Å². The van der Waals surface area contributed by atoms with Gasteiger partial charge in [-0.1, -0.05) is 18.2 Å². The van der Waals surface area contributed by atoms with Crippen molar-refractivity contribution in [2.24, 2.45) is 0 Å². The number of rotatable bonds is 9. The minimum atomic E-state index is -1.03. The van der Waals surface area contributed by atoms with E-state index in [-0.39, 0.29) is 17.1 Å². The summed E-state index contributed by atoms with van der Waals surface area (Å²) in [6, 6.07) is 10.4. The number of ether oxygens (including phenoxy) is 3. The summed E-state index contributed by atoms with van der Waals surface area (Å²) in [5.41, 5.74) is 1.58. The molecule has 2 aromatic rings. The zero-order valence-corrected chi connectivity index (χ0v) is 19.6. The topological polar surface area (TPSA) is 119 Å². The monoisotopic (exact) mass is 485 g/mol. The smallest absolute Gasteiger partial charge is 0.335 e. The van der Waals surface area contributed by atoms with E-state index in [4.69, 9.17) is 14.6 Å². The number of aromatic carboxylic acids is 1. The van der Waals surface area contributed by atoms with Gasteiger partial charge >= 0.3 is 11.9 Å². The van der Waals surface area contributed by atoms with E-state index in [2.05, 4.69) is 4.74 Å². The molecule has 1 heterocycles. The van der Waals surface area contributed by atoms with Gasteiger partial charge in [-0.05, 0) is 67.1 Å². The first-order valence-corrected chi connectivity index (χ1v) is 11.1. The molecule has 1 fully saturated rings. The zero-order chi connectivity index (χ0) is 24.8. The standard InChI is InChI=1S/C24H23NO8S/c1-4-32-19-11-16(12-20-21(26)25(24(30)34-20)14(2)23(29)31-3)7-10-18(19)33-13-15-5-8-17(9-6-15)22(27)28/h5-12,14H,4,13H2,1-3H3,(H,27,28)/b20-12+/t14-/m0/s1. The van der Waals surface area contributed by atoms with E-state index in [1.165, 1.54) is 26.2 Å². The number of nitrogens with zero attached hydrogens (tertiary/aromatic N) is 1. The summed E-state index contributed by atoms with van der Waals surface area (Å²) in [5.74, 6) is -1.34. The number of carboxylic acids is 1. The number of methoxy groups -OCH3 is 1. The molecular formula is C24H23NO8S. The van der Waals surface area contributed by atoms with Gasteiger partial charge in [0.15, 0.2) is 11.5 Å². The van der Waals surface area contributed by atoms with Crippen molar-refractivity contribution >= 4 is 40.9 Å². The van der Waals surface area contributed by atoms with Crippen LogP contribution in [0.3, 0.4) is 0 Å². The quantitative estimate of drug-likeness (QED) is 0.416. The van der Waals surface area contributed by atoms with Crippen LogP contribution in [0.4, 0.5) is 4.79 Å². The number of amides is 2. The van der Waals surface area contributed by atoms with Crippen molar-refractivity contribution in [3.63, 3.8) is 0 Å². The molecule has 0 radical (unpaired) electrons. The Morgan fingerprint density at radius 2 is 1.79 bits per heavy atom. The molecule has 1 saturated heterocycles. The molecule has 0 bridgehead atoms. The normalized spacial score (nSPS) is 15.4. The minimum Gasteiger partial charge on any atom is -0.490 e. The Morgan fingerprint density at radius 3 is 2.41 bits per heavy atom. The van der Waals surface area contributed by atoms with E-state index in [0.29, 0.717) is 23.7 Å². The van der Waals surface area contributed by atoms with Gasteiger partial charge in [0, 0.05) is 0 Å². The number of esters is 1. The Bertz CT molecular complexity index is 1140. The van der Waals surface area contributed by atoms with E-state index in [1.54, 1.807) is 36.4 Å². The number of benzene rings is 2. The maximum Gasteiger partial charge on any atom is 0.335 e. The second kappa shape index (κ2) is 10.9. The Hall–Kier alpha value is -3.79. The summed E-state index contributed by atoms with van der Waals surface area (Å²) >= 11 is 0.744. The summed E-state index contributed by atoms with van der Waals surface area (Å²) in [6.45, 7) is 3.82. The molecule has 0 unspecified atom stereocenters. The molecule has 1 aliphatic rings. The fourth-order valence-corrected chi connectivity index (χ4v) is 4.06. The molecule has 9 nitrogen and oxygen atoms in total. The molecule has 178 valence electrons.